The average Bonchev–Trinajstić information content (AvgIpc) is 3.12. The number of benzene rings is 1. The summed E-state index contributed by atoms with van der Waals surface area (Å²) >= 11 is 6.08. The minimum Gasteiger partial charge on any atom is -0.324 e. The van der Waals surface area contributed by atoms with E-state index in [4.69, 9.17) is 11.6 Å². The summed E-state index contributed by atoms with van der Waals surface area (Å²) < 4.78 is 2.25. The van der Waals surface area contributed by atoms with Gasteiger partial charge in [0.15, 0.2) is 0 Å². The molecular weight excluding hydrogens is 270 g/mol. The van der Waals surface area contributed by atoms with Crippen molar-refractivity contribution >= 4 is 22.6 Å². The molecule has 0 spiro atoms. The van der Waals surface area contributed by atoms with Gasteiger partial charge in [-0.2, -0.15) is 5.26 Å². The van der Waals surface area contributed by atoms with Gasteiger partial charge in [0.2, 0.25) is 0 Å². The number of para-hydroxylation sites is 1. The van der Waals surface area contributed by atoms with E-state index >= 15 is 0 Å². The minimum atomic E-state index is 0.386. The lowest BCUT2D eigenvalue weighted by Gasteiger charge is -2.23. The maximum absolute atomic E-state index is 9.23. The van der Waals surface area contributed by atoms with E-state index in [-0.39, 0.29) is 0 Å². The Bertz CT molecular complexity index is 662. The first kappa shape index (κ1) is 13.5. The lowest BCUT2D eigenvalue weighted by atomic mass is 9.99. The fourth-order valence-electron chi connectivity index (χ4n) is 3.45. The molecule has 1 aromatic heterocycles. The van der Waals surface area contributed by atoms with Crippen LogP contribution in [0.25, 0.3) is 11.0 Å². The molecule has 1 unspecified atom stereocenters. The molecule has 4 heteroatoms. The Morgan fingerprint density at radius 2 is 2.20 bits per heavy atom. The number of rotatable bonds is 3. The van der Waals surface area contributed by atoms with Crippen LogP contribution in [0.1, 0.15) is 50.0 Å². The van der Waals surface area contributed by atoms with Crippen LogP contribution in [0.2, 0.25) is 0 Å². The number of hydrogen-bond donors (Lipinski definition) is 0. The molecule has 0 amide bonds. The summed E-state index contributed by atoms with van der Waals surface area (Å²) in [4.78, 5) is 4.60. The zero-order chi connectivity index (χ0) is 14.1. The van der Waals surface area contributed by atoms with Crippen LogP contribution in [0, 0.1) is 17.2 Å². The Kier molecular flexibility index (Phi) is 3.67. The van der Waals surface area contributed by atoms with Crippen LogP contribution in [-0.4, -0.2) is 9.55 Å². The first-order valence-corrected chi connectivity index (χ1v) is 7.75. The van der Waals surface area contributed by atoms with Crippen molar-refractivity contribution in [3.63, 3.8) is 0 Å². The first-order chi connectivity index (χ1) is 9.76. The molecular formula is C16H18ClN3. The largest absolute Gasteiger partial charge is 0.324 e. The van der Waals surface area contributed by atoms with E-state index in [9.17, 15) is 5.26 Å². The Morgan fingerprint density at radius 1 is 1.45 bits per heavy atom. The van der Waals surface area contributed by atoms with Gasteiger partial charge in [-0.05, 0) is 37.8 Å². The molecule has 0 saturated heterocycles. The van der Waals surface area contributed by atoms with Crippen molar-refractivity contribution < 1.29 is 0 Å². The molecule has 1 atom stereocenters. The van der Waals surface area contributed by atoms with Gasteiger partial charge < -0.3 is 4.57 Å². The number of halogens is 1. The van der Waals surface area contributed by atoms with Crippen LogP contribution in [0.3, 0.4) is 0 Å². The highest BCUT2D eigenvalue weighted by Gasteiger charge is 2.26. The summed E-state index contributed by atoms with van der Waals surface area (Å²) in [6.45, 7) is 2.26. The number of hydrogen-bond acceptors (Lipinski definition) is 2. The second-order valence-electron chi connectivity index (χ2n) is 5.60. The number of nitrogens with zero attached hydrogens (tertiary/aromatic N) is 3. The van der Waals surface area contributed by atoms with Crippen LogP contribution in [0.5, 0.6) is 0 Å². The summed E-state index contributed by atoms with van der Waals surface area (Å²) in [5, 5.41) is 9.23. The highest BCUT2D eigenvalue weighted by Crippen LogP contribution is 2.37. The molecule has 2 aromatic rings. The van der Waals surface area contributed by atoms with E-state index in [0.29, 0.717) is 23.4 Å². The molecule has 1 heterocycles. The van der Waals surface area contributed by atoms with Crippen LogP contribution >= 0.6 is 11.6 Å². The molecule has 104 valence electrons. The van der Waals surface area contributed by atoms with Crippen molar-refractivity contribution in [1.82, 2.24) is 9.55 Å². The van der Waals surface area contributed by atoms with Crippen molar-refractivity contribution in [3.8, 4) is 6.07 Å². The normalized spacial score (nSPS) is 17.4. The molecule has 0 aliphatic heterocycles. The predicted octanol–water partition coefficient (Wildman–Crippen LogP) is 4.40. The standard InChI is InChI=1S/C16H18ClN3/c1-11(12-5-2-3-6-12)20-14-8-4-7-13(10-18)16(14)19-15(20)9-17/h4,7-8,11-12H,2-3,5-6,9H2,1H3. The van der Waals surface area contributed by atoms with Crippen LogP contribution < -0.4 is 0 Å². The van der Waals surface area contributed by atoms with E-state index in [2.05, 4.69) is 22.5 Å². The zero-order valence-corrected chi connectivity index (χ0v) is 12.4. The number of alkyl halides is 1. The SMILES string of the molecule is CC(C1CCCC1)n1c(CCl)nc2c(C#N)cccc21. The van der Waals surface area contributed by atoms with Gasteiger partial charge in [0, 0.05) is 6.04 Å². The van der Waals surface area contributed by atoms with Gasteiger partial charge in [0.25, 0.3) is 0 Å². The molecule has 3 rings (SSSR count). The van der Waals surface area contributed by atoms with Gasteiger partial charge in [0.1, 0.15) is 17.4 Å². The Labute approximate surface area is 124 Å². The lowest BCUT2D eigenvalue weighted by molar-refractivity contribution is 0.362. The number of fused-ring (bicyclic) bond motifs is 1. The average molecular weight is 288 g/mol. The monoisotopic (exact) mass is 287 g/mol. The van der Waals surface area contributed by atoms with Crippen molar-refractivity contribution in [1.29, 1.82) is 5.26 Å². The van der Waals surface area contributed by atoms with Gasteiger partial charge in [-0.25, -0.2) is 4.98 Å². The number of aromatic nitrogens is 2. The first-order valence-electron chi connectivity index (χ1n) is 7.22. The number of imidazole rings is 1. The summed E-state index contributed by atoms with van der Waals surface area (Å²) in [5.41, 5.74) is 2.46. The maximum Gasteiger partial charge on any atom is 0.125 e. The van der Waals surface area contributed by atoms with Crippen molar-refractivity contribution in [2.24, 2.45) is 5.92 Å². The second-order valence-corrected chi connectivity index (χ2v) is 5.87. The van der Waals surface area contributed by atoms with Gasteiger partial charge in [-0.1, -0.05) is 18.9 Å². The van der Waals surface area contributed by atoms with Gasteiger partial charge in [-0.15, -0.1) is 11.6 Å². The maximum atomic E-state index is 9.23. The van der Waals surface area contributed by atoms with Crippen molar-refractivity contribution in [2.45, 2.75) is 44.5 Å². The topological polar surface area (TPSA) is 41.6 Å². The highest BCUT2D eigenvalue weighted by molar-refractivity contribution is 6.16. The van der Waals surface area contributed by atoms with E-state index in [1.807, 2.05) is 18.2 Å². The molecule has 1 saturated carbocycles. The van der Waals surface area contributed by atoms with Crippen molar-refractivity contribution in [2.75, 3.05) is 0 Å². The third kappa shape index (κ3) is 2.09. The molecule has 1 fully saturated rings. The van der Waals surface area contributed by atoms with Crippen LogP contribution in [0.15, 0.2) is 18.2 Å². The smallest absolute Gasteiger partial charge is 0.125 e. The third-order valence-corrected chi connectivity index (χ3v) is 4.76. The lowest BCUT2D eigenvalue weighted by Crippen LogP contribution is -2.16. The molecule has 20 heavy (non-hydrogen) atoms. The van der Waals surface area contributed by atoms with Crippen LogP contribution in [0.4, 0.5) is 0 Å². The molecule has 0 radical (unpaired) electrons. The van der Waals surface area contributed by atoms with Gasteiger partial charge in [-0.3, -0.25) is 0 Å². The Morgan fingerprint density at radius 3 is 2.85 bits per heavy atom. The highest BCUT2D eigenvalue weighted by atomic mass is 35.5. The molecule has 1 aliphatic carbocycles. The summed E-state index contributed by atoms with van der Waals surface area (Å²) in [5.74, 6) is 1.96. The fraction of sp³-hybridized carbons (Fsp3) is 0.500. The predicted molar refractivity (Wildman–Crippen MR) is 80.7 cm³/mol. The minimum absolute atomic E-state index is 0.386. The molecule has 0 bridgehead atoms. The Hall–Kier alpha value is -1.53. The quantitative estimate of drug-likeness (QED) is 0.785. The number of nitriles is 1. The summed E-state index contributed by atoms with van der Waals surface area (Å²) in [6, 6.07) is 8.41. The van der Waals surface area contributed by atoms with Gasteiger partial charge in [0.05, 0.1) is 17.0 Å². The van der Waals surface area contributed by atoms with Gasteiger partial charge >= 0.3 is 0 Å². The van der Waals surface area contributed by atoms with E-state index < -0.39 is 0 Å². The van der Waals surface area contributed by atoms with Crippen LogP contribution in [-0.2, 0) is 5.88 Å². The van der Waals surface area contributed by atoms with E-state index in [1.54, 1.807) is 0 Å². The Balaban J connectivity index is 2.15. The molecule has 1 aliphatic rings. The molecule has 0 N–H and O–H groups in total. The fourth-order valence-corrected chi connectivity index (χ4v) is 3.64. The molecule has 3 nitrogen and oxygen atoms in total. The summed E-state index contributed by atoms with van der Waals surface area (Å²) in [6.07, 6.45) is 5.20. The second kappa shape index (κ2) is 5.46. The van der Waals surface area contributed by atoms with E-state index in [0.717, 1.165) is 16.9 Å². The summed E-state index contributed by atoms with van der Waals surface area (Å²) in [7, 11) is 0. The van der Waals surface area contributed by atoms with Crippen molar-refractivity contribution in [3.05, 3.63) is 29.6 Å². The molecule has 1 aromatic carbocycles. The third-order valence-electron chi connectivity index (χ3n) is 4.52. The van der Waals surface area contributed by atoms with E-state index in [1.165, 1.54) is 25.7 Å². The zero-order valence-electron chi connectivity index (χ0n) is 11.6.